The molecular formula is C15H20N2O2. The van der Waals surface area contributed by atoms with Crippen LogP contribution in [-0.4, -0.2) is 50.9 Å². The normalized spacial score (nSPS) is 25.5. The number of nitrogens with zero attached hydrogens (tertiary/aromatic N) is 1. The number of rotatable bonds is 2. The molecule has 0 aliphatic carbocycles. The summed E-state index contributed by atoms with van der Waals surface area (Å²) < 4.78 is 11.2. The summed E-state index contributed by atoms with van der Waals surface area (Å²) in [7, 11) is 0. The molecule has 3 heterocycles. The lowest BCUT2D eigenvalue weighted by atomic mass is 9.84. The van der Waals surface area contributed by atoms with Crippen LogP contribution >= 0.6 is 0 Å². The summed E-state index contributed by atoms with van der Waals surface area (Å²) in [5, 5.41) is 3.43. The summed E-state index contributed by atoms with van der Waals surface area (Å²) in [4.78, 5) is 2.59. The van der Waals surface area contributed by atoms with E-state index in [2.05, 4.69) is 28.4 Å². The highest BCUT2D eigenvalue weighted by atomic mass is 16.5. The largest absolute Gasteiger partial charge is 0.493 e. The van der Waals surface area contributed by atoms with Gasteiger partial charge in [0.2, 0.25) is 0 Å². The molecule has 1 aromatic carbocycles. The summed E-state index contributed by atoms with van der Waals surface area (Å²) in [6.07, 6.45) is 1.04. The zero-order chi connectivity index (χ0) is 12.7. The molecule has 4 rings (SSSR count). The van der Waals surface area contributed by atoms with E-state index in [0.29, 0.717) is 0 Å². The Morgan fingerprint density at radius 2 is 2.00 bits per heavy atom. The maximum Gasteiger partial charge on any atom is 0.122 e. The van der Waals surface area contributed by atoms with Crippen LogP contribution < -0.4 is 10.1 Å². The molecule has 1 N–H and O–H groups in total. The van der Waals surface area contributed by atoms with Gasteiger partial charge < -0.3 is 14.8 Å². The summed E-state index contributed by atoms with van der Waals surface area (Å²) in [5.41, 5.74) is 2.88. The molecule has 1 aromatic rings. The van der Waals surface area contributed by atoms with Crippen molar-refractivity contribution in [1.29, 1.82) is 0 Å². The topological polar surface area (TPSA) is 33.7 Å². The number of benzene rings is 1. The van der Waals surface area contributed by atoms with Crippen LogP contribution in [0.3, 0.4) is 0 Å². The Bertz CT molecular complexity index is 479. The van der Waals surface area contributed by atoms with Crippen molar-refractivity contribution in [3.05, 3.63) is 29.3 Å². The number of hydrogen-bond acceptors (Lipinski definition) is 4. The fourth-order valence-corrected chi connectivity index (χ4v) is 3.40. The van der Waals surface area contributed by atoms with Gasteiger partial charge in [0.15, 0.2) is 0 Å². The van der Waals surface area contributed by atoms with Crippen LogP contribution in [0.15, 0.2) is 18.2 Å². The first-order valence-corrected chi connectivity index (χ1v) is 7.18. The van der Waals surface area contributed by atoms with E-state index >= 15 is 0 Å². The van der Waals surface area contributed by atoms with Crippen LogP contribution in [0.4, 0.5) is 0 Å². The molecule has 4 heteroatoms. The Kier molecular flexibility index (Phi) is 2.76. The van der Waals surface area contributed by atoms with Crippen LogP contribution in [-0.2, 0) is 16.7 Å². The Hall–Kier alpha value is -1.10. The van der Waals surface area contributed by atoms with Gasteiger partial charge >= 0.3 is 0 Å². The fraction of sp³-hybridized carbons (Fsp3) is 0.600. The molecule has 0 aromatic heterocycles. The minimum atomic E-state index is 0.111. The quantitative estimate of drug-likeness (QED) is 0.851. The standard InChI is InChI=1S/C15H20N2O2/c1-2-14-12(3-8-19-14)9-13(1)15(10-18-11-15)17-6-4-16-5-7-17/h1-2,9,16H,3-8,10-11H2. The SMILES string of the molecule is c1cc2c(cc1C1(N3CCNCC3)COC1)CCO2. The minimum absolute atomic E-state index is 0.111. The van der Waals surface area contributed by atoms with Crippen molar-refractivity contribution >= 4 is 0 Å². The van der Waals surface area contributed by atoms with Crippen molar-refractivity contribution in [3.63, 3.8) is 0 Å². The van der Waals surface area contributed by atoms with E-state index in [0.717, 1.165) is 58.2 Å². The van der Waals surface area contributed by atoms with E-state index in [-0.39, 0.29) is 5.54 Å². The van der Waals surface area contributed by atoms with Gasteiger partial charge in [-0.05, 0) is 23.3 Å². The van der Waals surface area contributed by atoms with E-state index in [1.54, 1.807) is 0 Å². The second-order valence-electron chi connectivity index (χ2n) is 5.68. The lowest BCUT2D eigenvalue weighted by molar-refractivity contribution is -0.149. The van der Waals surface area contributed by atoms with Gasteiger partial charge in [0.1, 0.15) is 5.75 Å². The Morgan fingerprint density at radius 1 is 1.16 bits per heavy atom. The summed E-state index contributed by atoms with van der Waals surface area (Å²) >= 11 is 0. The molecule has 19 heavy (non-hydrogen) atoms. The van der Waals surface area contributed by atoms with Crippen LogP contribution in [0.25, 0.3) is 0 Å². The van der Waals surface area contributed by atoms with E-state index in [4.69, 9.17) is 9.47 Å². The third-order valence-electron chi connectivity index (χ3n) is 4.63. The highest BCUT2D eigenvalue weighted by Gasteiger charge is 2.46. The zero-order valence-electron chi connectivity index (χ0n) is 11.2. The fourth-order valence-electron chi connectivity index (χ4n) is 3.40. The van der Waals surface area contributed by atoms with E-state index in [9.17, 15) is 0 Å². The summed E-state index contributed by atoms with van der Waals surface area (Å²) in [6.45, 7) is 6.86. The van der Waals surface area contributed by atoms with Gasteiger partial charge in [-0.1, -0.05) is 6.07 Å². The van der Waals surface area contributed by atoms with Gasteiger partial charge in [0, 0.05) is 32.6 Å². The van der Waals surface area contributed by atoms with E-state index in [1.807, 2.05) is 0 Å². The van der Waals surface area contributed by atoms with Crippen molar-refractivity contribution < 1.29 is 9.47 Å². The van der Waals surface area contributed by atoms with Gasteiger partial charge in [-0.25, -0.2) is 0 Å². The molecule has 3 aliphatic heterocycles. The van der Waals surface area contributed by atoms with Crippen molar-refractivity contribution in [2.75, 3.05) is 46.0 Å². The van der Waals surface area contributed by atoms with E-state index in [1.165, 1.54) is 11.1 Å². The lowest BCUT2D eigenvalue weighted by Crippen LogP contribution is -2.63. The molecular weight excluding hydrogens is 240 g/mol. The van der Waals surface area contributed by atoms with Crippen LogP contribution in [0.2, 0.25) is 0 Å². The number of piperazine rings is 1. The number of hydrogen-bond donors (Lipinski definition) is 1. The highest BCUT2D eigenvalue weighted by Crippen LogP contribution is 2.39. The molecule has 0 amide bonds. The van der Waals surface area contributed by atoms with Gasteiger partial charge in [-0.3, -0.25) is 4.90 Å². The maximum atomic E-state index is 5.61. The minimum Gasteiger partial charge on any atom is -0.493 e. The third kappa shape index (κ3) is 1.78. The first-order chi connectivity index (χ1) is 9.38. The van der Waals surface area contributed by atoms with Crippen molar-refractivity contribution in [1.82, 2.24) is 10.2 Å². The lowest BCUT2D eigenvalue weighted by Gasteiger charge is -2.51. The Balaban J connectivity index is 1.68. The second-order valence-corrected chi connectivity index (χ2v) is 5.68. The summed E-state index contributed by atoms with van der Waals surface area (Å²) in [6, 6.07) is 6.71. The molecule has 0 saturated carbocycles. The van der Waals surface area contributed by atoms with Crippen molar-refractivity contribution in [2.45, 2.75) is 12.0 Å². The molecule has 0 unspecified atom stereocenters. The number of fused-ring (bicyclic) bond motifs is 1. The van der Waals surface area contributed by atoms with Crippen molar-refractivity contribution in [3.8, 4) is 5.75 Å². The predicted octanol–water partition coefficient (Wildman–Crippen LogP) is 0.752. The van der Waals surface area contributed by atoms with Gasteiger partial charge in [-0.2, -0.15) is 0 Å². The first kappa shape index (κ1) is 11.7. The van der Waals surface area contributed by atoms with Gasteiger partial charge in [0.05, 0.1) is 25.4 Å². The molecule has 0 atom stereocenters. The maximum absolute atomic E-state index is 5.61. The average molecular weight is 260 g/mol. The molecule has 0 radical (unpaired) electrons. The smallest absolute Gasteiger partial charge is 0.122 e. The number of ether oxygens (including phenoxy) is 2. The average Bonchev–Trinajstić information content (AvgIpc) is 2.86. The first-order valence-electron chi connectivity index (χ1n) is 7.18. The van der Waals surface area contributed by atoms with Crippen LogP contribution in [0.5, 0.6) is 5.75 Å². The summed E-state index contributed by atoms with van der Waals surface area (Å²) in [5.74, 6) is 1.07. The Labute approximate surface area is 113 Å². The Morgan fingerprint density at radius 3 is 2.74 bits per heavy atom. The molecule has 2 fully saturated rings. The second kappa shape index (κ2) is 4.47. The van der Waals surface area contributed by atoms with Gasteiger partial charge in [-0.15, -0.1) is 0 Å². The third-order valence-corrected chi connectivity index (χ3v) is 4.63. The molecule has 3 aliphatic rings. The predicted molar refractivity (Wildman–Crippen MR) is 72.6 cm³/mol. The van der Waals surface area contributed by atoms with Crippen LogP contribution in [0.1, 0.15) is 11.1 Å². The molecule has 0 bridgehead atoms. The monoisotopic (exact) mass is 260 g/mol. The van der Waals surface area contributed by atoms with Gasteiger partial charge in [0.25, 0.3) is 0 Å². The molecule has 0 spiro atoms. The van der Waals surface area contributed by atoms with Crippen LogP contribution in [0, 0.1) is 0 Å². The molecule has 2 saturated heterocycles. The van der Waals surface area contributed by atoms with E-state index < -0.39 is 0 Å². The highest BCUT2D eigenvalue weighted by molar-refractivity contribution is 5.43. The number of nitrogens with one attached hydrogen (secondary N) is 1. The zero-order valence-corrected chi connectivity index (χ0v) is 11.2. The molecule has 4 nitrogen and oxygen atoms in total. The molecule has 102 valence electrons. The van der Waals surface area contributed by atoms with Crippen molar-refractivity contribution in [2.24, 2.45) is 0 Å².